The van der Waals surface area contributed by atoms with Crippen LogP contribution in [0.2, 0.25) is 0 Å². The zero-order valence-electron chi connectivity index (χ0n) is 17.9. The summed E-state index contributed by atoms with van der Waals surface area (Å²) in [6, 6.07) is 8.85. The Bertz CT molecular complexity index is 852. The molecule has 2 N–H and O–H groups in total. The first kappa shape index (κ1) is 23.0. The Morgan fingerprint density at radius 3 is 3.00 bits per heavy atom. The summed E-state index contributed by atoms with van der Waals surface area (Å²) in [6.45, 7) is 4.47. The van der Waals surface area contributed by atoms with Gasteiger partial charge in [-0.05, 0) is 56.6 Å². The Labute approximate surface area is 196 Å². The molecular formula is C22H33IN6O. The predicted octanol–water partition coefficient (Wildman–Crippen LogP) is 3.69. The molecule has 1 aromatic heterocycles. The van der Waals surface area contributed by atoms with Crippen LogP contribution in [0.25, 0.3) is 0 Å². The normalized spacial score (nSPS) is 20.7. The van der Waals surface area contributed by atoms with Gasteiger partial charge in [-0.3, -0.25) is 4.99 Å². The van der Waals surface area contributed by atoms with Crippen LogP contribution >= 0.6 is 24.0 Å². The van der Waals surface area contributed by atoms with Crippen LogP contribution in [0, 0.1) is 6.92 Å². The van der Waals surface area contributed by atoms with Gasteiger partial charge in [0, 0.05) is 26.7 Å². The third-order valence-electron chi connectivity index (χ3n) is 5.76. The largest absolute Gasteiger partial charge is 0.373 e. The smallest absolute Gasteiger partial charge is 0.191 e. The Hall–Kier alpha value is -1.68. The molecule has 2 aromatic rings. The number of ether oxygens (including phenoxy) is 1. The SMILES string of the molecule is CN=C(NCCCOC1CCCc2ccccc21)NC1CCCn2nc(C)nc21.I. The Kier molecular flexibility index (Phi) is 8.50. The number of hydrogen-bond acceptors (Lipinski definition) is 4. The van der Waals surface area contributed by atoms with Crippen molar-refractivity contribution >= 4 is 29.9 Å². The van der Waals surface area contributed by atoms with Crippen LogP contribution in [0.5, 0.6) is 0 Å². The van der Waals surface area contributed by atoms with Gasteiger partial charge in [0.05, 0.1) is 12.1 Å². The lowest BCUT2D eigenvalue weighted by Crippen LogP contribution is -2.42. The van der Waals surface area contributed by atoms with E-state index in [0.717, 1.165) is 63.0 Å². The van der Waals surface area contributed by atoms with Gasteiger partial charge in [-0.2, -0.15) is 5.10 Å². The molecule has 8 heteroatoms. The summed E-state index contributed by atoms with van der Waals surface area (Å²) < 4.78 is 8.22. The molecule has 0 amide bonds. The summed E-state index contributed by atoms with van der Waals surface area (Å²) in [6.07, 6.45) is 6.84. The number of rotatable bonds is 6. The van der Waals surface area contributed by atoms with Crippen molar-refractivity contribution in [3.05, 3.63) is 47.0 Å². The van der Waals surface area contributed by atoms with Crippen molar-refractivity contribution in [3.63, 3.8) is 0 Å². The number of fused-ring (bicyclic) bond motifs is 2. The van der Waals surface area contributed by atoms with E-state index in [1.807, 2.05) is 18.7 Å². The monoisotopic (exact) mass is 524 g/mol. The van der Waals surface area contributed by atoms with Crippen LogP contribution in [0.1, 0.15) is 67.0 Å². The molecule has 0 spiro atoms. The molecule has 1 aromatic carbocycles. The van der Waals surface area contributed by atoms with E-state index >= 15 is 0 Å². The topological polar surface area (TPSA) is 76.4 Å². The fourth-order valence-corrected chi connectivity index (χ4v) is 4.35. The third-order valence-corrected chi connectivity index (χ3v) is 5.76. The van der Waals surface area contributed by atoms with Crippen LogP contribution < -0.4 is 10.6 Å². The Balaban J connectivity index is 0.00000256. The third kappa shape index (κ3) is 5.51. The molecule has 2 atom stereocenters. The first-order chi connectivity index (χ1) is 14.2. The highest BCUT2D eigenvalue weighted by Crippen LogP contribution is 2.32. The number of nitrogens with one attached hydrogen (secondary N) is 2. The van der Waals surface area contributed by atoms with E-state index in [2.05, 4.69) is 50.0 Å². The van der Waals surface area contributed by atoms with Gasteiger partial charge in [0.15, 0.2) is 5.96 Å². The highest BCUT2D eigenvalue weighted by Gasteiger charge is 2.24. The van der Waals surface area contributed by atoms with Crippen molar-refractivity contribution < 1.29 is 4.74 Å². The molecule has 2 heterocycles. The number of nitrogens with zero attached hydrogens (tertiary/aromatic N) is 4. The minimum absolute atomic E-state index is 0. The van der Waals surface area contributed by atoms with Gasteiger partial charge in [0.2, 0.25) is 0 Å². The molecule has 4 rings (SSSR count). The second-order valence-corrected chi connectivity index (χ2v) is 7.88. The van der Waals surface area contributed by atoms with Crippen LogP contribution in [0.4, 0.5) is 0 Å². The summed E-state index contributed by atoms with van der Waals surface area (Å²) in [5, 5.41) is 11.4. The molecular weight excluding hydrogens is 491 g/mol. The fraction of sp³-hybridized carbons (Fsp3) is 0.591. The summed E-state index contributed by atoms with van der Waals surface area (Å²) in [5.74, 6) is 2.65. The summed E-state index contributed by atoms with van der Waals surface area (Å²) in [7, 11) is 1.81. The van der Waals surface area contributed by atoms with E-state index in [1.54, 1.807) is 0 Å². The Morgan fingerprint density at radius 1 is 1.27 bits per heavy atom. The van der Waals surface area contributed by atoms with Gasteiger partial charge < -0.3 is 15.4 Å². The molecule has 0 bridgehead atoms. The van der Waals surface area contributed by atoms with Crippen molar-refractivity contribution in [2.75, 3.05) is 20.2 Å². The van der Waals surface area contributed by atoms with Gasteiger partial charge in [-0.15, -0.1) is 24.0 Å². The first-order valence-electron chi connectivity index (χ1n) is 10.8. The predicted molar refractivity (Wildman–Crippen MR) is 129 cm³/mol. The van der Waals surface area contributed by atoms with Crippen molar-refractivity contribution in [2.45, 2.75) is 64.1 Å². The minimum atomic E-state index is 0. The minimum Gasteiger partial charge on any atom is -0.373 e. The molecule has 0 radical (unpaired) electrons. The lowest BCUT2D eigenvalue weighted by atomic mass is 9.89. The number of hydrogen-bond donors (Lipinski definition) is 2. The number of aliphatic imine (C=N–C) groups is 1. The molecule has 2 unspecified atom stereocenters. The number of aromatic nitrogens is 3. The summed E-state index contributed by atoms with van der Waals surface area (Å²) in [5.41, 5.74) is 2.82. The van der Waals surface area contributed by atoms with Crippen molar-refractivity contribution in [1.29, 1.82) is 0 Å². The van der Waals surface area contributed by atoms with Crippen molar-refractivity contribution in [3.8, 4) is 0 Å². The first-order valence-corrected chi connectivity index (χ1v) is 10.8. The van der Waals surface area contributed by atoms with E-state index in [0.29, 0.717) is 0 Å². The molecule has 1 aliphatic heterocycles. The quantitative estimate of drug-likeness (QED) is 0.261. The van der Waals surface area contributed by atoms with E-state index in [1.165, 1.54) is 24.0 Å². The van der Waals surface area contributed by atoms with E-state index in [-0.39, 0.29) is 36.1 Å². The highest BCUT2D eigenvalue weighted by atomic mass is 127. The molecule has 0 fully saturated rings. The summed E-state index contributed by atoms with van der Waals surface area (Å²) in [4.78, 5) is 8.96. The lowest BCUT2D eigenvalue weighted by molar-refractivity contribution is 0.0398. The number of guanidine groups is 1. The molecule has 30 heavy (non-hydrogen) atoms. The average molecular weight is 524 g/mol. The maximum Gasteiger partial charge on any atom is 0.191 e. The van der Waals surface area contributed by atoms with E-state index in [9.17, 15) is 0 Å². The van der Waals surface area contributed by atoms with Gasteiger partial charge in [0.25, 0.3) is 0 Å². The molecule has 2 aliphatic rings. The maximum absolute atomic E-state index is 6.20. The van der Waals surface area contributed by atoms with Crippen LogP contribution in [0.15, 0.2) is 29.3 Å². The second kappa shape index (κ2) is 11.1. The number of halogens is 1. The Morgan fingerprint density at radius 2 is 2.13 bits per heavy atom. The maximum atomic E-state index is 6.20. The molecule has 0 saturated heterocycles. The van der Waals surface area contributed by atoms with E-state index < -0.39 is 0 Å². The second-order valence-electron chi connectivity index (χ2n) is 7.88. The van der Waals surface area contributed by atoms with Crippen LogP contribution in [-0.2, 0) is 17.7 Å². The van der Waals surface area contributed by atoms with Crippen LogP contribution in [0.3, 0.4) is 0 Å². The fourth-order valence-electron chi connectivity index (χ4n) is 4.35. The highest BCUT2D eigenvalue weighted by molar-refractivity contribution is 14.0. The average Bonchev–Trinajstić information content (AvgIpc) is 3.14. The zero-order valence-corrected chi connectivity index (χ0v) is 20.3. The summed E-state index contributed by atoms with van der Waals surface area (Å²) >= 11 is 0. The van der Waals surface area contributed by atoms with Gasteiger partial charge in [-0.1, -0.05) is 24.3 Å². The standard InChI is InChI=1S/C22H32N6O.HI/c1-16-25-21-19(11-6-14-28(21)27-16)26-22(23-2)24-13-7-15-29-20-12-5-9-17-8-3-4-10-18(17)20;/h3-4,8,10,19-20H,5-7,9,11-15H2,1-2H3,(H2,23,24,26);1H. The van der Waals surface area contributed by atoms with Gasteiger partial charge in [0.1, 0.15) is 11.6 Å². The van der Waals surface area contributed by atoms with Crippen molar-refractivity contribution in [1.82, 2.24) is 25.4 Å². The molecule has 164 valence electrons. The van der Waals surface area contributed by atoms with Crippen LogP contribution in [-0.4, -0.2) is 40.9 Å². The molecule has 0 saturated carbocycles. The van der Waals surface area contributed by atoms with Crippen molar-refractivity contribution in [2.24, 2.45) is 4.99 Å². The number of aryl methyl sites for hydroxylation is 3. The van der Waals surface area contributed by atoms with Gasteiger partial charge >= 0.3 is 0 Å². The van der Waals surface area contributed by atoms with E-state index in [4.69, 9.17) is 4.74 Å². The molecule has 1 aliphatic carbocycles. The molecule has 7 nitrogen and oxygen atoms in total. The number of benzene rings is 1. The lowest BCUT2D eigenvalue weighted by Gasteiger charge is -2.26. The zero-order chi connectivity index (χ0) is 20.1. The van der Waals surface area contributed by atoms with Gasteiger partial charge in [-0.25, -0.2) is 9.67 Å².